The fraction of sp³-hybridized carbons (Fsp3) is 0.381. The first-order valence-corrected chi connectivity index (χ1v) is 11.2. The van der Waals surface area contributed by atoms with E-state index in [2.05, 4.69) is 11.4 Å². The number of fused-ring (bicyclic) bond motifs is 1. The molecule has 28 heavy (non-hydrogen) atoms. The summed E-state index contributed by atoms with van der Waals surface area (Å²) in [4.78, 5) is 13.0. The summed E-state index contributed by atoms with van der Waals surface area (Å²) in [7, 11) is -2.16. The minimum Gasteiger partial charge on any atom is -0.497 e. The van der Waals surface area contributed by atoms with Crippen molar-refractivity contribution in [3.05, 3.63) is 59.7 Å². The van der Waals surface area contributed by atoms with Crippen molar-refractivity contribution in [3.8, 4) is 5.75 Å². The molecule has 0 aromatic heterocycles. The predicted octanol–water partition coefficient (Wildman–Crippen LogP) is 3.04. The van der Waals surface area contributed by atoms with Crippen molar-refractivity contribution in [2.45, 2.75) is 38.3 Å². The summed E-state index contributed by atoms with van der Waals surface area (Å²) in [6.07, 6.45) is 3.93. The van der Waals surface area contributed by atoms with E-state index in [0.29, 0.717) is 11.4 Å². The Kier molecular flexibility index (Phi) is 5.93. The second-order valence-corrected chi connectivity index (χ2v) is 8.95. The lowest BCUT2D eigenvalue weighted by molar-refractivity contribution is -0.122. The number of carbonyl (C=O) groups is 1. The van der Waals surface area contributed by atoms with E-state index in [1.165, 1.54) is 12.7 Å². The van der Waals surface area contributed by atoms with Crippen LogP contribution in [0.25, 0.3) is 0 Å². The molecule has 1 aliphatic carbocycles. The number of carbonyl (C=O) groups excluding carboxylic acids is 1. The zero-order valence-corrected chi connectivity index (χ0v) is 17.2. The highest BCUT2D eigenvalue weighted by Crippen LogP contribution is 2.30. The van der Waals surface area contributed by atoms with E-state index >= 15 is 0 Å². The van der Waals surface area contributed by atoms with Gasteiger partial charge in [0.1, 0.15) is 11.8 Å². The Hall–Kier alpha value is -2.54. The Balaban J connectivity index is 1.85. The smallest absolute Gasteiger partial charge is 0.244 e. The lowest BCUT2D eigenvalue weighted by Crippen LogP contribution is -2.49. The number of anilines is 1. The minimum absolute atomic E-state index is 0.105. The van der Waals surface area contributed by atoms with E-state index in [-0.39, 0.29) is 11.9 Å². The third kappa shape index (κ3) is 4.30. The number of hydrogen-bond acceptors (Lipinski definition) is 4. The van der Waals surface area contributed by atoms with Gasteiger partial charge in [-0.2, -0.15) is 0 Å². The maximum absolute atomic E-state index is 13.0. The summed E-state index contributed by atoms with van der Waals surface area (Å²) in [5, 5.41) is 3.05. The lowest BCUT2D eigenvalue weighted by Gasteiger charge is -2.31. The largest absolute Gasteiger partial charge is 0.497 e. The van der Waals surface area contributed by atoms with E-state index in [9.17, 15) is 13.2 Å². The lowest BCUT2D eigenvalue weighted by atomic mass is 9.87. The van der Waals surface area contributed by atoms with Crippen molar-refractivity contribution in [2.75, 3.05) is 17.7 Å². The minimum atomic E-state index is -3.67. The Bertz CT molecular complexity index is 958. The monoisotopic (exact) mass is 402 g/mol. The number of aryl methyl sites for hydroxylation is 1. The topological polar surface area (TPSA) is 75.7 Å². The molecule has 0 unspecified atom stereocenters. The first-order valence-electron chi connectivity index (χ1n) is 9.33. The number of rotatable bonds is 6. The maximum atomic E-state index is 13.0. The van der Waals surface area contributed by atoms with E-state index in [1.807, 2.05) is 18.2 Å². The van der Waals surface area contributed by atoms with Crippen LogP contribution in [0.2, 0.25) is 0 Å². The van der Waals surface area contributed by atoms with Gasteiger partial charge in [0.05, 0.1) is 25.1 Å². The number of nitrogens with one attached hydrogen (secondary N) is 1. The van der Waals surface area contributed by atoms with Gasteiger partial charge in [0.25, 0.3) is 0 Å². The van der Waals surface area contributed by atoms with E-state index < -0.39 is 16.1 Å². The Morgan fingerprint density at radius 1 is 1.21 bits per heavy atom. The summed E-state index contributed by atoms with van der Waals surface area (Å²) in [5.74, 6) is 0.204. The van der Waals surface area contributed by atoms with Crippen LogP contribution in [0.15, 0.2) is 48.5 Å². The molecule has 7 heteroatoms. The standard InChI is InChI=1S/C21H26N2O4S/c1-15(23(28(3,25)26)17-10-7-11-18(14-17)27-2)21(24)22-20-13-6-9-16-8-4-5-12-19(16)20/h4-5,7-8,10-12,14-15,20H,6,9,13H2,1-3H3,(H,22,24)/t15-,20+/m1/s1. The fourth-order valence-corrected chi connectivity index (χ4v) is 4.92. The van der Waals surface area contributed by atoms with E-state index in [0.717, 1.165) is 35.4 Å². The Morgan fingerprint density at radius 3 is 2.68 bits per heavy atom. The Morgan fingerprint density at radius 2 is 1.96 bits per heavy atom. The first-order chi connectivity index (χ1) is 13.3. The van der Waals surface area contributed by atoms with Gasteiger partial charge in [0.15, 0.2) is 0 Å². The molecule has 2 atom stereocenters. The molecular formula is C21H26N2O4S. The zero-order valence-electron chi connectivity index (χ0n) is 16.4. The average molecular weight is 403 g/mol. The van der Waals surface area contributed by atoms with Gasteiger partial charge in [-0.15, -0.1) is 0 Å². The van der Waals surface area contributed by atoms with Crippen molar-refractivity contribution >= 4 is 21.6 Å². The van der Waals surface area contributed by atoms with Crippen LogP contribution in [-0.2, 0) is 21.2 Å². The molecule has 0 fully saturated rings. The van der Waals surface area contributed by atoms with Gasteiger partial charge in [-0.25, -0.2) is 8.42 Å². The normalized spacial score (nSPS) is 17.3. The maximum Gasteiger partial charge on any atom is 0.244 e. The number of nitrogens with zero attached hydrogens (tertiary/aromatic N) is 1. The van der Waals surface area contributed by atoms with E-state index in [4.69, 9.17) is 4.74 Å². The van der Waals surface area contributed by atoms with Gasteiger partial charge in [0, 0.05) is 6.07 Å². The van der Waals surface area contributed by atoms with Crippen LogP contribution < -0.4 is 14.4 Å². The molecule has 0 saturated heterocycles. The molecule has 3 rings (SSSR count). The molecule has 0 aliphatic heterocycles. The highest BCUT2D eigenvalue weighted by Gasteiger charge is 2.31. The molecule has 0 bridgehead atoms. The van der Waals surface area contributed by atoms with Crippen molar-refractivity contribution in [3.63, 3.8) is 0 Å². The fourth-order valence-electron chi connectivity index (χ4n) is 3.75. The van der Waals surface area contributed by atoms with Crippen molar-refractivity contribution in [2.24, 2.45) is 0 Å². The number of ether oxygens (including phenoxy) is 1. The number of benzene rings is 2. The van der Waals surface area contributed by atoms with Crippen molar-refractivity contribution in [1.29, 1.82) is 0 Å². The molecule has 6 nitrogen and oxygen atoms in total. The average Bonchev–Trinajstić information content (AvgIpc) is 2.67. The van der Waals surface area contributed by atoms with Gasteiger partial charge in [-0.1, -0.05) is 30.3 Å². The summed E-state index contributed by atoms with van der Waals surface area (Å²) < 4.78 is 31.3. The number of hydrogen-bond donors (Lipinski definition) is 1. The molecule has 1 amide bonds. The van der Waals surface area contributed by atoms with Crippen LogP contribution in [0.5, 0.6) is 5.75 Å². The number of methoxy groups -OCH3 is 1. The zero-order chi connectivity index (χ0) is 20.3. The van der Waals surface area contributed by atoms with Crippen LogP contribution in [0.4, 0.5) is 5.69 Å². The van der Waals surface area contributed by atoms with Gasteiger partial charge in [-0.3, -0.25) is 9.10 Å². The quantitative estimate of drug-likeness (QED) is 0.806. The van der Waals surface area contributed by atoms with Crippen LogP contribution in [0.3, 0.4) is 0 Å². The van der Waals surface area contributed by atoms with Crippen LogP contribution in [0, 0.1) is 0 Å². The first kappa shape index (κ1) is 20.2. The molecule has 1 N–H and O–H groups in total. The van der Waals surface area contributed by atoms with Gasteiger partial charge in [-0.05, 0) is 49.4 Å². The highest BCUT2D eigenvalue weighted by atomic mass is 32.2. The number of sulfonamides is 1. The third-order valence-electron chi connectivity index (χ3n) is 5.08. The van der Waals surface area contributed by atoms with Crippen LogP contribution in [-0.4, -0.2) is 33.7 Å². The molecule has 0 heterocycles. The predicted molar refractivity (Wildman–Crippen MR) is 110 cm³/mol. The van der Waals surface area contributed by atoms with Crippen LogP contribution in [0.1, 0.15) is 36.9 Å². The Labute approximate surface area is 166 Å². The van der Waals surface area contributed by atoms with Crippen molar-refractivity contribution in [1.82, 2.24) is 5.32 Å². The summed E-state index contributed by atoms with van der Waals surface area (Å²) >= 11 is 0. The molecule has 1 aliphatic rings. The molecule has 0 radical (unpaired) electrons. The third-order valence-corrected chi connectivity index (χ3v) is 6.32. The second kappa shape index (κ2) is 8.22. The summed E-state index contributed by atoms with van der Waals surface area (Å²) in [6.45, 7) is 1.60. The molecular weight excluding hydrogens is 376 g/mol. The molecule has 0 spiro atoms. The molecule has 2 aromatic carbocycles. The highest BCUT2D eigenvalue weighted by molar-refractivity contribution is 7.92. The van der Waals surface area contributed by atoms with Gasteiger partial charge in [0.2, 0.25) is 15.9 Å². The van der Waals surface area contributed by atoms with Gasteiger partial charge < -0.3 is 10.1 Å². The summed E-state index contributed by atoms with van der Waals surface area (Å²) in [6, 6.07) is 13.8. The second-order valence-electron chi connectivity index (χ2n) is 7.09. The van der Waals surface area contributed by atoms with E-state index in [1.54, 1.807) is 31.2 Å². The molecule has 150 valence electrons. The number of amides is 1. The SMILES string of the molecule is COc1cccc(N([C@H](C)C(=O)N[C@H]2CCCc3ccccc32)S(C)(=O)=O)c1. The summed E-state index contributed by atoms with van der Waals surface area (Å²) in [5.41, 5.74) is 2.74. The van der Waals surface area contributed by atoms with Crippen LogP contribution >= 0.6 is 0 Å². The van der Waals surface area contributed by atoms with Crippen molar-refractivity contribution < 1.29 is 17.9 Å². The van der Waals surface area contributed by atoms with Gasteiger partial charge >= 0.3 is 0 Å². The molecule has 2 aromatic rings. The molecule has 0 saturated carbocycles.